The third kappa shape index (κ3) is 6.48. The summed E-state index contributed by atoms with van der Waals surface area (Å²) in [7, 11) is 0. The summed E-state index contributed by atoms with van der Waals surface area (Å²) in [6.45, 7) is 3.85. The van der Waals surface area contributed by atoms with Gasteiger partial charge in [0, 0.05) is 43.3 Å². The van der Waals surface area contributed by atoms with Crippen LogP contribution in [-0.4, -0.2) is 46.5 Å². The van der Waals surface area contributed by atoms with Gasteiger partial charge in [0.15, 0.2) is 0 Å². The molecule has 0 aliphatic heterocycles. The van der Waals surface area contributed by atoms with Crippen molar-refractivity contribution in [2.75, 3.05) is 25.6 Å². The van der Waals surface area contributed by atoms with E-state index in [1.54, 1.807) is 42.2 Å². The van der Waals surface area contributed by atoms with Gasteiger partial charge in [0.2, 0.25) is 5.88 Å². The van der Waals surface area contributed by atoms with E-state index in [0.29, 0.717) is 47.4 Å². The van der Waals surface area contributed by atoms with E-state index < -0.39 is 0 Å². The van der Waals surface area contributed by atoms with Gasteiger partial charge in [0.05, 0.1) is 36.2 Å². The van der Waals surface area contributed by atoms with Gasteiger partial charge in [-0.3, -0.25) is 14.6 Å². The second kappa shape index (κ2) is 12.0. The van der Waals surface area contributed by atoms with Crippen molar-refractivity contribution in [2.45, 2.75) is 33.1 Å². The van der Waals surface area contributed by atoms with Crippen LogP contribution in [0.5, 0.6) is 5.88 Å². The highest BCUT2D eigenvalue weighted by Gasteiger charge is 2.22. The van der Waals surface area contributed by atoms with E-state index >= 15 is 0 Å². The molecule has 0 aliphatic carbocycles. The molecule has 0 unspecified atom stereocenters. The van der Waals surface area contributed by atoms with Crippen LogP contribution in [-0.2, 0) is 25.5 Å². The number of esters is 2. The Bertz CT molecular complexity index is 1130. The van der Waals surface area contributed by atoms with Gasteiger partial charge in [0.1, 0.15) is 5.69 Å². The summed E-state index contributed by atoms with van der Waals surface area (Å²) >= 11 is 6.26. The van der Waals surface area contributed by atoms with Crippen molar-refractivity contribution in [2.24, 2.45) is 0 Å². The molecule has 3 rings (SSSR count). The Kier molecular flexibility index (Phi) is 8.86. The maximum atomic E-state index is 11.7. The molecule has 10 heteroatoms. The molecular weight excluding hydrogens is 460 g/mol. The van der Waals surface area contributed by atoms with Crippen molar-refractivity contribution < 1.29 is 23.8 Å². The molecule has 0 aliphatic rings. The number of rotatable bonds is 11. The molecule has 1 aromatic carbocycles. The molecule has 0 saturated heterocycles. The van der Waals surface area contributed by atoms with E-state index in [1.165, 1.54) is 6.92 Å². The first kappa shape index (κ1) is 25.0. The lowest BCUT2D eigenvalue weighted by Crippen LogP contribution is -2.10. The van der Waals surface area contributed by atoms with Gasteiger partial charge >= 0.3 is 11.9 Å². The molecule has 0 spiro atoms. The number of ether oxygens (including phenoxy) is 3. The summed E-state index contributed by atoms with van der Waals surface area (Å²) in [6.07, 6.45) is 4.42. The molecule has 0 fully saturated rings. The second-order valence-corrected chi connectivity index (χ2v) is 7.75. The lowest BCUT2D eigenvalue weighted by atomic mass is 10.1. The molecule has 2 aromatic heterocycles. The molecule has 0 radical (unpaired) electrons. The minimum absolute atomic E-state index is 0.149. The third-order valence-corrected chi connectivity index (χ3v) is 5.15. The van der Waals surface area contributed by atoms with Crippen molar-refractivity contribution in [3.05, 3.63) is 53.3 Å². The first-order valence-electron chi connectivity index (χ1n) is 10.9. The van der Waals surface area contributed by atoms with Crippen LogP contribution in [0.3, 0.4) is 0 Å². The summed E-state index contributed by atoms with van der Waals surface area (Å²) in [5, 5.41) is 5.16. The zero-order chi connectivity index (χ0) is 24.5. The van der Waals surface area contributed by atoms with Crippen molar-refractivity contribution in [3.8, 4) is 22.8 Å². The quantitative estimate of drug-likeness (QED) is 0.245. The van der Waals surface area contributed by atoms with Crippen molar-refractivity contribution in [1.29, 1.82) is 0 Å². The average Bonchev–Trinajstić information content (AvgIpc) is 3.17. The Hall–Kier alpha value is -3.59. The van der Waals surface area contributed by atoms with Crippen LogP contribution >= 0.6 is 11.6 Å². The van der Waals surface area contributed by atoms with E-state index in [1.807, 2.05) is 12.1 Å². The van der Waals surface area contributed by atoms with E-state index in [9.17, 15) is 9.59 Å². The lowest BCUT2D eigenvalue weighted by Gasteiger charge is -2.12. The van der Waals surface area contributed by atoms with Gasteiger partial charge in [-0.15, -0.1) is 0 Å². The van der Waals surface area contributed by atoms with Crippen LogP contribution in [0, 0.1) is 0 Å². The zero-order valence-electron chi connectivity index (χ0n) is 19.1. The molecule has 2 N–H and O–H groups in total. The minimum atomic E-state index is -0.377. The minimum Gasteiger partial charge on any atom is -0.477 e. The number of nitrogen functional groups attached to an aromatic ring is 1. The number of anilines is 1. The number of hydrogen-bond acceptors (Lipinski definition) is 8. The Morgan fingerprint density at radius 3 is 2.68 bits per heavy atom. The van der Waals surface area contributed by atoms with E-state index in [-0.39, 0.29) is 31.6 Å². The fraction of sp³-hybridized carbons (Fsp3) is 0.333. The maximum Gasteiger partial charge on any atom is 0.305 e. The SMILES string of the molecule is CCOC(=O)CCCOc1c(CCOC(C)=O)c(-c2cccnc2)nn1-c1ccc(N)c(Cl)c1. The molecule has 0 saturated carbocycles. The molecule has 34 heavy (non-hydrogen) atoms. The number of nitrogens with two attached hydrogens (primary N) is 1. The fourth-order valence-electron chi connectivity index (χ4n) is 3.28. The molecule has 0 amide bonds. The second-order valence-electron chi connectivity index (χ2n) is 7.34. The third-order valence-electron chi connectivity index (χ3n) is 4.83. The number of hydrogen-bond donors (Lipinski definition) is 1. The van der Waals surface area contributed by atoms with Gasteiger partial charge in [-0.2, -0.15) is 5.10 Å². The van der Waals surface area contributed by atoms with E-state index in [0.717, 1.165) is 11.1 Å². The van der Waals surface area contributed by atoms with E-state index in [2.05, 4.69) is 4.98 Å². The van der Waals surface area contributed by atoms with Crippen LogP contribution in [0.1, 0.15) is 32.3 Å². The van der Waals surface area contributed by atoms with Gasteiger partial charge < -0.3 is 19.9 Å². The van der Waals surface area contributed by atoms with E-state index in [4.69, 9.17) is 36.6 Å². The van der Waals surface area contributed by atoms with Crippen LogP contribution < -0.4 is 10.5 Å². The predicted octanol–water partition coefficient (Wildman–Crippen LogP) is 4.00. The van der Waals surface area contributed by atoms with Gasteiger partial charge in [-0.05, 0) is 43.7 Å². The van der Waals surface area contributed by atoms with Gasteiger partial charge in [-0.25, -0.2) is 4.68 Å². The number of carbonyl (C=O) groups excluding carboxylic acids is 2. The van der Waals surface area contributed by atoms with Crippen LogP contribution in [0.15, 0.2) is 42.7 Å². The maximum absolute atomic E-state index is 11.7. The van der Waals surface area contributed by atoms with Gasteiger partial charge in [-0.1, -0.05) is 11.6 Å². The number of pyridine rings is 1. The van der Waals surface area contributed by atoms with Crippen LogP contribution in [0.2, 0.25) is 5.02 Å². The monoisotopic (exact) mass is 486 g/mol. The fourth-order valence-corrected chi connectivity index (χ4v) is 3.46. The van der Waals surface area contributed by atoms with Crippen LogP contribution in [0.4, 0.5) is 5.69 Å². The topological polar surface area (TPSA) is 119 Å². The predicted molar refractivity (Wildman–Crippen MR) is 128 cm³/mol. The first-order chi connectivity index (χ1) is 16.4. The molecule has 0 bridgehead atoms. The van der Waals surface area contributed by atoms with Gasteiger partial charge in [0.25, 0.3) is 0 Å². The highest BCUT2D eigenvalue weighted by Crippen LogP contribution is 2.34. The Morgan fingerprint density at radius 1 is 1.18 bits per heavy atom. The Labute approximate surface area is 202 Å². The Balaban J connectivity index is 2.01. The number of halogens is 1. The molecule has 9 nitrogen and oxygen atoms in total. The zero-order valence-corrected chi connectivity index (χ0v) is 19.9. The van der Waals surface area contributed by atoms with Crippen molar-refractivity contribution in [1.82, 2.24) is 14.8 Å². The molecule has 3 aromatic rings. The molecule has 180 valence electrons. The van der Waals surface area contributed by atoms with Crippen LogP contribution in [0.25, 0.3) is 16.9 Å². The summed E-state index contributed by atoms with van der Waals surface area (Å²) in [6, 6.07) is 8.85. The smallest absolute Gasteiger partial charge is 0.305 e. The van der Waals surface area contributed by atoms with Crippen molar-refractivity contribution >= 4 is 29.2 Å². The highest BCUT2D eigenvalue weighted by atomic mass is 35.5. The summed E-state index contributed by atoms with van der Waals surface area (Å²) in [5.41, 5.74) is 9.11. The number of carbonyl (C=O) groups is 2. The number of nitrogens with zero attached hydrogens (tertiary/aromatic N) is 3. The molecule has 0 atom stereocenters. The first-order valence-corrected chi connectivity index (χ1v) is 11.3. The number of aromatic nitrogens is 3. The lowest BCUT2D eigenvalue weighted by molar-refractivity contribution is -0.143. The molecular formula is C24H27ClN4O5. The largest absolute Gasteiger partial charge is 0.477 e. The normalized spacial score (nSPS) is 10.7. The van der Waals surface area contributed by atoms with Crippen molar-refractivity contribution in [3.63, 3.8) is 0 Å². The average molecular weight is 487 g/mol. The Morgan fingerprint density at radius 2 is 2.00 bits per heavy atom. The highest BCUT2D eigenvalue weighted by molar-refractivity contribution is 6.33. The molecule has 2 heterocycles. The standard InChI is InChI=1S/C24H27ClN4O5/c1-3-32-22(31)7-5-12-34-24-19(10-13-33-16(2)30)23(17-6-4-11-27-15-17)28-29(24)18-8-9-21(26)20(25)14-18/h4,6,8-9,11,14-15H,3,5,7,10,12-13,26H2,1-2H3. The summed E-state index contributed by atoms with van der Waals surface area (Å²) in [5.74, 6) is -0.204. The summed E-state index contributed by atoms with van der Waals surface area (Å²) < 4.78 is 17.9. The summed E-state index contributed by atoms with van der Waals surface area (Å²) in [4.78, 5) is 27.2. The number of benzene rings is 1.